The van der Waals surface area contributed by atoms with E-state index in [1.807, 2.05) is 36.4 Å². The minimum absolute atomic E-state index is 0.123. The highest BCUT2D eigenvalue weighted by Crippen LogP contribution is 2.30. The number of hydrazone groups is 1. The zero-order valence-corrected chi connectivity index (χ0v) is 15.0. The fourth-order valence-corrected chi connectivity index (χ4v) is 2.76. The highest BCUT2D eigenvalue weighted by Gasteiger charge is 2.30. The van der Waals surface area contributed by atoms with Gasteiger partial charge >= 0.3 is 0 Å². The summed E-state index contributed by atoms with van der Waals surface area (Å²) in [4.78, 5) is 11.9. The summed E-state index contributed by atoms with van der Waals surface area (Å²) in [5.74, 6) is 0.987. The summed E-state index contributed by atoms with van der Waals surface area (Å²) < 4.78 is 5.22. The Morgan fingerprint density at radius 1 is 1.16 bits per heavy atom. The van der Waals surface area contributed by atoms with Crippen LogP contribution in [0.15, 0.2) is 53.6 Å². The highest BCUT2D eigenvalue weighted by atomic mass is 35.5. The Bertz CT molecular complexity index is 790. The van der Waals surface area contributed by atoms with E-state index >= 15 is 0 Å². The molecule has 0 amide bonds. The van der Waals surface area contributed by atoms with Crippen LogP contribution >= 0.6 is 11.6 Å². The maximum absolute atomic E-state index is 11.9. The fourth-order valence-electron chi connectivity index (χ4n) is 2.64. The van der Waals surface area contributed by atoms with Crippen molar-refractivity contribution in [2.75, 3.05) is 19.2 Å². The van der Waals surface area contributed by atoms with E-state index in [1.54, 1.807) is 36.3 Å². The van der Waals surface area contributed by atoms with Gasteiger partial charge in [-0.25, -0.2) is 10.4 Å². The van der Waals surface area contributed by atoms with Crippen molar-refractivity contribution in [3.05, 3.63) is 59.1 Å². The molecule has 2 aromatic carbocycles. The topological polar surface area (TPSA) is 57.2 Å². The SMILES string of the molecule is COc1ccc([C@H]2NN(C)C(C(C)=O)=NN2c2ccc(Cl)cc2)cc1. The molecule has 25 heavy (non-hydrogen) atoms. The second kappa shape index (κ2) is 7.13. The van der Waals surface area contributed by atoms with Crippen molar-refractivity contribution in [1.82, 2.24) is 10.4 Å². The second-order valence-corrected chi connectivity index (χ2v) is 6.10. The Morgan fingerprint density at radius 3 is 2.36 bits per heavy atom. The largest absolute Gasteiger partial charge is 0.497 e. The van der Waals surface area contributed by atoms with E-state index < -0.39 is 0 Å². The number of hydrazine groups is 1. The van der Waals surface area contributed by atoms with Gasteiger partial charge in [0.2, 0.25) is 5.84 Å². The number of benzene rings is 2. The first-order chi connectivity index (χ1) is 12.0. The third kappa shape index (κ3) is 3.60. The summed E-state index contributed by atoms with van der Waals surface area (Å²) in [7, 11) is 3.40. The lowest BCUT2D eigenvalue weighted by Gasteiger charge is -2.39. The number of likely N-dealkylation sites (N-methyl/N-ethyl adjacent to an activating group) is 1. The first-order valence-corrected chi connectivity index (χ1v) is 8.15. The average molecular weight is 359 g/mol. The van der Waals surface area contributed by atoms with Crippen molar-refractivity contribution in [3.8, 4) is 5.75 Å². The Morgan fingerprint density at radius 2 is 1.80 bits per heavy atom. The van der Waals surface area contributed by atoms with E-state index in [2.05, 4.69) is 10.5 Å². The van der Waals surface area contributed by atoms with Crippen LogP contribution in [0.2, 0.25) is 5.02 Å². The number of hydrogen-bond donors (Lipinski definition) is 1. The summed E-state index contributed by atoms with van der Waals surface area (Å²) >= 11 is 5.99. The molecule has 1 N–H and O–H groups in total. The van der Waals surface area contributed by atoms with E-state index in [-0.39, 0.29) is 11.9 Å². The quantitative estimate of drug-likeness (QED) is 0.909. The first kappa shape index (κ1) is 17.3. The average Bonchev–Trinajstić information content (AvgIpc) is 2.62. The number of ketones is 1. The van der Waals surface area contributed by atoms with Crippen LogP contribution in [-0.2, 0) is 4.79 Å². The molecule has 130 valence electrons. The number of Topliss-reactive ketones (excluding diaryl/α,β-unsaturated/α-hetero) is 1. The summed E-state index contributed by atoms with van der Waals surface area (Å²) in [6.45, 7) is 1.49. The number of methoxy groups -OCH3 is 1. The van der Waals surface area contributed by atoms with Crippen molar-refractivity contribution in [2.45, 2.75) is 13.1 Å². The molecule has 1 aliphatic rings. The number of carbonyl (C=O) groups is 1. The molecule has 0 radical (unpaired) electrons. The summed E-state index contributed by atoms with van der Waals surface area (Å²) in [6, 6.07) is 15.0. The van der Waals surface area contributed by atoms with Gasteiger partial charge in [-0.05, 0) is 42.0 Å². The van der Waals surface area contributed by atoms with Crippen LogP contribution in [0, 0.1) is 0 Å². The van der Waals surface area contributed by atoms with Crippen LogP contribution in [0.1, 0.15) is 18.7 Å². The monoisotopic (exact) mass is 358 g/mol. The number of carbonyl (C=O) groups excluding carboxylic acids is 1. The third-order valence-corrected chi connectivity index (χ3v) is 4.17. The van der Waals surface area contributed by atoms with Gasteiger partial charge in [0.15, 0.2) is 5.78 Å². The lowest BCUT2D eigenvalue weighted by atomic mass is 10.1. The van der Waals surface area contributed by atoms with Crippen LogP contribution in [0.5, 0.6) is 5.75 Å². The van der Waals surface area contributed by atoms with Crippen LogP contribution in [-0.4, -0.2) is 30.8 Å². The Hall–Kier alpha value is -2.57. The van der Waals surface area contributed by atoms with Gasteiger partial charge in [0.25, 0.3) is 0 Å². The molecule has 0 fully saturated rings. The molecule has 0 saturated heterocycles. The second-order valence-electron chi connectivity index (χ2n) is 5.66. The van der Waals surface area contributed by atoms with Gasteiger partial charge < -0.3 is 4.74 Å². The zero-order chi connectivity index (χ0) is 18.0. The zero-order valence-electron chi connectivity index (χ0n) is 14.2. The minimum Gasteiger partial charge on any atom is -0.497 e. The molecule has 6 nitrogen and oxygen atoms in total. The third-order valence-electron chi connectivity index (χ3n) is 3.92. The van der Waals surface area contributed by atoms with E-state index in [4.69, 9.17) is 16.3 Å². The molecule has 0 spiro atoms. The molecule has 0 aromatic heterocycles. The Balaban J connectivity index is 2.04. The van der Waals surface area contributed by atoms with E-state index in [0.29, 0.717) is 10.9 Å². The van der Waals surface area contributed by atoms with Gasteiger partial charge in [-0.3, -0.25) is 9.80 Å². The number of anilines is 1. The lowest BCUT2D eigenvalue weighted by molar-refractivity contribution is -0.112. The fraction of sp³-hybridized carbons (Fsp3) is 0.222. The van der Waals surface area contributed by atoms with Crippen LogP contribution in [0.25, 0.3) is 0 Å². The number of nitrogens with one attached hydrogen (secondary N) is 1. The number of hydrogen-bond acceptors (Lipinski definition) is 6. The van der Waals surface area contributed by atoms with Gasteiger partial charge in [-0.2, -0.15) is 0 Å². The molecule has 0 saturated carbocycles. The maximum Gasteiger partial charge on any atom is 0.206 e. The van der Waals surface area contributed by atoms with Crippen LogP contribution < -0.4 is 15.2 Å². The van der Waals surface area contributed by atoms with Crippen molar-refractivity contribution >= 4 is 28.9 Å². The highest BCUT2D eigenvalue weighted by molar-refractivity contribution is 6.37. The molecule has 7 heteroatoms. The number of amidine groups is 1. The molecule has 0 aliphatic carbocycles. The standard InChI is InChI=1S/C18H19ClN4O2/c1-12(24)17-21-23(15-8-6-14(19)7-9-15)18(20-22(17)2)13-4-10-16(25-3)11-5-13/h4-11,18,20H,1-3H3/t18-/m0/s1. The van der Waals surface area contributed by atoms with Gasteiger partial charge in [0.05, 0.1) is 12.8 Å². The number of halogens is 1. The van der Waals surface area contributed by atoms with Crippen LogP contribution in [0.3, 0.4) is 0 Å². The Labute approximate surface area is 151 Å². The van der Waals surface area contributed by atoms with Crippen molar-refractivity contribution in [3.63, 3.8) is 0 Å². The van der Waals surface area contributed by atoms with Gasteiger partial charge in [0, 0.05) is 19.0 Å². The van der Waals surface area contributed by atoms with Crippen molar-refractivity contribution < 1.29 is 9.53 Å². The van der Waals surface area contributed by atoms with E-state index in [1.165, 1.54) is 6.92 Å². The number of ether oxygens (including phenoxy) is 1. The molecular formula is C18H19ClN4O2. The summed E-state index contributed by atoms with van der Waals surface area (Å²) in [5.41, 5.74) is 5.10. The van der Waals surface area contributed by atoms with Gasteiger partial charge in [-0.1, -0.05) is 23.7 Å². The van der Waals surface area contributed by atoms with Crippen LogP contribution in [0.4, 0.5) is 5.69 Å². The minimum atomic E-state index is -0.278. The van der Waals surface area contributed by atoms with Crippen molar-refractivity contribution in [1.29, 1.82) is 0 Å². The van der Waals surface area contributed by atoms with E-state index in [0.717, 1.165) is 17.0 Å². The first-order valence-electron chi connectivity index (χ1n) is 7.78. The molecule has 2 aromatic rings. The van der Waals surface area contributed by atoms with Gasteiger partial charge in [-0.15, -0.1) is 5.10 Å². The molecule has 3 rings (SSSR count). The predicted octanol–water partition coefficient (Wildman–Crippen LogP) is 3.21. The summed E-state index contributed by atoms with van der Waals surface area (Å²) in [6.07, 6.45) is -0.278. The molecule has 1 aliphatic heterocycles. The number of rotatable bonds is 4. The number of nitrogens with zero attached hydrogens (tertiary/aromatic N) is 3. The maximum atomic E-state index is 11.9. The Kier molecular flexibility index (Phi) is 4.92. The lowest BCUT2D eigenvalue weighted by Crippen LogP contribution is -2.54. The molecular weight excluding hydrogens is 340 g/mol. The molecule has 0 bridgehead atoms. The smallest absolute Gasteiger partial charge is 0.206 e. The molecule has 1 atom stereocenters. The van der Waals surface area contributed by atoms with Crippen molar-refractivity contribution in [2.24, 2.45) is 5.10 Å². The normalized spacial score (nSPS) is 17.3. The predicted molar refractivity (Wildman–Crippen MR) is 98.7 cm³/mol. The molecule has 1 heterocycles. The summed E-state index contributed by atoms with van der Waals surface area (Å²) in [5, 5.41) is 8.61. The molecule has 0 unspecified atom stereocenters. The van der Waals surface area contributed by atoms with E-state index in [9.17, 15) is 4.79 Å². The van der Waals surface area contributed by atoms with Gasteiger partial charge in [0.1, 0.15) is 11.9 Å².